The Morgan fingerprint density at radius 1 is 1.46 bits per heavy atom. The normalized spacial score (nSPS) is 11.0. The van der Waals surface area contributed by atoms with Crippen molar-refractivity contribution in [3.63, 3.8) is 0 Å². The van der Waals surface area contributed by atoms with Gasteiger partial charge in [-0.3, -0.25) is 4.68 Å². The number of aryl methyl sites for hydroxylation is 2. The molecule has 3 nitrogen and oxygen atoms in total. The largest absolute Gasteiger partial charge is 0.397 e. The minimum Gasteiger partial charge on any atom is -0.397 e. The number of benzene rings is 1. The molecule has 13 heavy (non-hydrogen) atoms. The fourth-order valence-electron chi connectivity index (χ4n) is 1.41. The lowest BCUT2D eigenvalue weighted by Gasteiger charge is -1.95. The monoisotopic (exact) mass is 179 g/mol. The molecule has 0 bridgehead atoms. The van der Waals surface area contributed by atoms with Gasteiger partial charge in [0, 0.05) is 18.1 Å². The first-order chi connectivity index (χ1) is 6.09. The number of aromatic nitrogens is 2. The molecule has 2 N–H and O–H groups in total. The van der Waals surface area contributed by atoms with Crippen molar-refractivity contribution in [3.8, 4) is 0 Å². The van der Waals surface area contributed by atoms with Crippen LogP contribution in [0.3, 0.4) is 0 Å². The first-order valence-corrected chi connectivity index (χ1v) is 3.98. The quantitative estimate of drug-likeness (QED) is 0.624. The highest BCUT2D eigenvalue weighted by atomic mass is 19.1. The zero-order chi connectivity index (χ0) is 9.59. The highest BCUT2D eigenvalue weighted by molar-refractivity contribution is 5.91. The Kier molecular flexibility index (Phi) is 1.52. The predicted molar refractivity (Wildman–Crippen MR) is 49.8 cm³/mol. The summed E-state index contributed by atoms with van der Waals surface area (Å²) in [4.78, 5) is 0. The molecule has 0 saturated heterocycles. The van der Waals surface area contributed by atoms with Crippen molar-refractivity contribution in [2.45, 2.75) is 6.92 Å². The van der Waals surface area contributed by atoms with E-state index in [9.17, 15) is 4.39 Å². The Balaban J connectivity index is 2.94. The van der Waals surface area contributed by atoms with Gasteiger partial charge in [-0.1, -0.05) is 0 Å². The third-order valence-corrected chi connectivity index (χ3v) is 2.23. The molecule has 0 aliphatic rings. The van der Waals surface area contributed by atoms with Gasteiger partial charge >= 0.3 is 0 Å². The van der Waals surface area contributed by atoms with Crippen molar-refractivity contribution < 1.29 is 4.39 Å². The fourth-order valence-corrected chi connectivity index (χ4v) is 1.41. The van der Waals surface area contributed by atoms with E-state index in [2.05, 4.69) is 5.10 Å². The number of fused-ring (bicyclic) bond motifs is 1. The van der Waals surface area contributed by atoms with Gasteiger partial charge in [0.1, 0.15) is 11.3 Å². The molecule has 1 aromatic carbocycles. The topological polar surface area (TPSA) is 43.8 Å². The Morgan fingerprint density at radius 2 is 2.15 bits per heavy atom. The van der Waals surface area contributed by atoms with Gasteiger partial charge in [-0.25, -0.2) is 4.39 Å². The molecule has 2 aromatic rings. The van der Waals surface area contributed by atoms with Crippen LogP contribution in [-0.4, -0.2) is 9.78 Å². The summed E-state index contributed by atoms with van der Waals surface area (Å²) in [5, 5.41) is 4.96. The summed E-state index contributed by atoms with van der Waals surface area (Å²) in [7, 11) is 1.81. The molecule has 1 heterocycles. The second-order valence-corrected chi connectivity index (χ2v) is 3.10. The second-order valence-electron chi connectivity index (χ2n) is 3.10. The number of rotatable bonds is 0. The molecular formula is C9H10FN3. The van der Waals surface area contributed by atoms with E-state index in [4.69, 9.17) is 5.73 Å². The Hall–Kier alpha value is -1.58. The molecule has 0 radical (unpaired) electrons. The first-order valence-electron chi connectivity index (χ1n) is 3.98. The summed E-state index contributed by atoms with van der Waals surface area (Å²) < 4.78 is 14.7. The number of nitrogens with two attached hydrogens (primary N) is 1. The summed E-state index contributed by atoms with van der Waals surface area (Å²) >= 11 is 0. The Morgan fingerprint density at radius 3 is 2.85 bits per heavy atom. The van der Waals surface area contributed by atoms with Crippen LogP contribution in [0.25, 0.3) is 10.9 Å². The standard InChI is InChI=1S/C9H10FN3/c1-5-7-3-6(10)4-8(11)9(7)12-13(5)2/h3-4H,11H2,1-2H3. The number of nitrogens with zero attached hydrogens (tertiary/aromatic N) is 2. The summed E-state index contributed by atoms with van der Waals surface area (Å²) in [6.07, 6.45) is 0. The predicted octanol–water partition coefficient (Wildman–Crippen LogP) is 1.60. The molecule has 0 fully saturated rings. The maximum absolute atomic E-state index is 13.0. The van der Waals surface area contributed by atoms with E-state index in [0.717, 1.165) is 11.1 Å². The van der Waals surface area contributed by atoms with Gasteiger partial charge in [0.05, 0.1) is 5.69 Å². The zero-order valence-electron chi connectivity index (χ0n) is 7.50. The Labute approximate surface area is 75.0 Å². The number of nitrogen functional groups attached to an aromatic ring is 1. The molecule has 0 atom stereocenters. The molecule has 0 saturated carbocycles. The van der Waals surface area contributed by atoms with E-state index >= 15 is 0 Å². The summed E-state index contributed by atoms with van der Waals surface area (Å²) in [6, 6.07) is 2.74. The molecule has 68 valence electrons. The van der Waals surface area contributed by atoms with E-state index in [0.29, 0.717) is 11.2 Å². The molecule has 4 heteroatoms. The summed E-state index contributed by atoms with van der Waals surface area (Å²) in [6.45, 7) is 1.88. The zero-order valence-corrected chi connectivity index (χ0v) is 7.50. The van der Waals surface area contributed by atoms with E-state index in [-0.39, 0.29) is 5.82 Å². The van der Waals surface area contributed by atoms with Crippen LogP contribution in [0, 0.1) is 12.7 Å². The first kappa shape index (κ1) is 8.04. The lowest BCUT2D eigenvalue weighted by Crippen LogP contribution is -1.92. The van der Waals surface area contributed by atoms with E-state index in [1.54, 1.807) is 4.68 Å². The van der Waals surface area contributed by atoms with Crippen LogP contribution >= 0.6 is 0 Å². The SMILES string of the molecule is Cc1c2cc(F)cc(N)c2nn1C. The molecule has 0 unspecified atom stereocenters. The lowest BCUT2D eigenvalue weighted by molar-refractivity contribution is 0.630. The molecule has 2 rings (SSSR count). The van der Waals surface area contributed by atoms with E-state index in [1.165, 1.54) is 12.1 Å². The van der Waals surface area contributed by atoms with Gasteiger partial charge < -0.3 is 5.73 Å². The van der Waals surface area contributed by atoms with Crippen LogP contribution < -0.4 is 5.73 Å². The van der Waals surface area contributed by atoms with Gasteiger partial charge in [-0.15, -0.1) is 0 Å². The molecule has 0 amide bonds. The highest BCUT2D eigenvalue weighted by Gasteiger charge is 2.08. The van der Waals surface area contributed by atoms with Crippen molar-refractivity contribution in [2.24, 2.45) is 7.05 Å². The maximum Gasteiger partial charge on any atom is 0.126 e. The van der Waals surface area contributed by atoms with Crippen molar-refractivity contribution in [1.29, 1.82) is 0 Å². The van der Waals surface area contributed by atoms with E-state index in [1.807, 2.05) is 14.0 Å². The van der Waals surface area contributed by atoms with E-state index < -0.39 is 0 Å². The minimum atomic E-state index is -0.318. The van der Waals surface area contributed by atoms with Crippen LogP contribution in [0.5, 0.6) is 0 Å². The molecule has 1 aromatic heterocycles. The van der Waals surface area contributed by atoms with Crippen molar-refractivity contribution >= 4 is 16.6 Å². The van der Waals surface area contributed by atoms with Crippen molar-refractivity contribution in [2.75, 3.05) is 5.73 Å². The summed E-state index contributed by atoms with van der Waals surface area (Å²) in [5.74, 6) is -0.318. The number of halogens is 1. The second kappa shape index (κ2) is 2.45. The third kappa shape index (κ3) is 1.06. The Bertz CT molecular complexity index is 473. The smallest absolute Gasteiger partial charge is 0.126 e. The summed E-state index contributed by atoms with van der Waals surface area (Å²) in [5.41, 5.74) is 7.60. The van der Waals surface area contributed by atoms with Crippen LogP contribution in [-0.2, 0) is 7.05 Å². The number of anilines is 1. The average molecular weight is 179 g/mol. The van der Waals surface area contributed by atoms with Gasteiger partial charge in [0.25, 0.3) is 0 Å². The molecule has 0 spiro atoms. The third-order valence-electron chi connectivity index (χ3n) is 2.23. The minimum absolute atomic E-state index is 0.318. The van der Waals surface area contributed by atoms with Crippen molar-refractivity contribution in [3.05, 3.63) is 23.6 Å². The van der Waals surface area contributed by atoms with Gasteiger partial charge in [-0.05, 0) is 19.1 Å². The van der Waals surface area contributed by atoms with Crippen LogP contribution in [0.2, 0.25) is 0 Å². The van der Waals surface area contributed by atoms with Gasteiger partial charge in [-0.2, -0.15) is 5.10 Å². The van der Waals surface area contributed by atoms with Gasteiger partial charge in [0.2, 0.25) is 0 Å². The molecular weight excluding hydrogens is 169 g/mol. The number of hydrogen-bond acceptors (Lipinski definition) is 2. The van der Waals surface area contributed by atoms with Gasteiger partial charge in [0.15, 0.2) is 0 Å². The van der Waals surface area contributed by atoms with Crippen molar-refractivity contribution in [1.82, 2.24) is 9.78 Å². The van der Waals surface area contributed by atoms with Crippen LogP contribution in [0.1, 0.15) is 5.69 Å². The molecule has 0 aliphatic carbocycles. The lowest BCUT2D eigenvalue weighted by atomic mass is 10.2. The fraction of sp³-hybridized carbons (Fsp3) is 0.222. The molecule has 0 aliphatic heterocycles. The maximum atomic E-state index is 13.0. The number of hydrogen-bond donors (Lipinski definition) is 1. The average Bonchev–Trinajstić information content (AvgIpc) is 2.32. The highest BCUT2D eigenvalue weighted by Crippen LogP contribution is 2.23. The van der Waals surface area contributed by atoms with Crippen LogP contribution in [0.15, 0.2) is 12.1 Å². The van der Waals surface area contributed by atoms with Crippen LogP contribution in [0.4, 0.5) is 10.1 Å².